The SMILES string of the molecule is CSCC[C@H](NC(=O)COc1ccccc1)C(=O)NCCOc1ccccc1. The lowest BCUT2D eigenvalue weighted by Gasteiger charge is -2.18. The van der Waals surface area contributed by atoms with E-state index in [1.807, 2.05) is 54.8 Å². The van der Waals surface area contributed by atoms with Gasteiger partial charge in [0.1, 0.15) is 24.1 Å². The van der Waals surface area contributed by atoms with E-state index in [1.54, 1.807) is 23.9 Å². The second-order valence-corrected chi connectivity index (χ2v) is 6.94. The Hall–Kier alpha value is -2.67. The van der Waals surface area contributed by atoms with Gasteiger partial charge in [-0.2, -0.15) is 11.8 Å². The van der Waals surface area contributed by atoms with E-state index in [4.69, 9.17) is 9.47 Å². The van der Waals surface area contributed by atoms with Crippen LogP contribution < -0.4 is 20.1 Å². The van der Waals surface area contributed by atoms with Crippen molar-refractivity contribution in [3.63, 3.8) is 0 Å². The van der Waals surface area contributed by atoms with Crippen LogP contribution in [0.5, 0.6) is 11.5 Å². The molecule has 0 heterocycles. The van der Waals surface area contributed by atoms with Crippen molar-refractivity contribution in [2.45, 2.75) is 12.5 Å². The van der Waals surface area contributed by atoms with Crippen molar-refractivity contribution in [3.8, 4) is 11.5 Å². The number of nitrogens with one attached hydrogen (secondary N) is 2. The Morgan fingerprint density at radius 2 is 1.57 bits per heavy atom. The lowest BCUT2D eigenvalue weighted by Crippen LogP contribution is -2.49. The summed E-state index contributed by atoms with van der Waals surface area (Å²) in [6, 6.07) is 17.9. The molecule has 0 radical (unpaired) electrons. The maximum atomic E-state index is 12.4. The highest BCUT2D eigenvalue weighted by Crippen LogP contribution is 2.09. The van der Waals surface area contributed by atoms with Gasteiger partial charge in [-0.25, -0.2) is 0 Å². The Morgan fingerprint density at radius 1 is 0.964 bits per heavy atom. The second-order valence-electron chi connectivity index (χ2n) is 5.96. The fourth-order valence-corrected chi connectivity index (χ4v) is 2.86. The Kier molecular flexibility index (Phi) is 9.79. The van der Waals surface area contributed by atoms with Crippen molar-refractivity contribution in [1.82, 2.24) is 10.6 Å². The number of carbonyl (C=O) groups excluding carboxylic acids is 2. The number of amides is 2. The molecular formula is C21H26N2O4S. The predicted molar refractivity (Wildman–Crippen MR) is 112 cm³/mol. The monoisotopic (exact) mass is 402 g/mol. The molecule has 0 spiro atoms. The minimum absolute atomic E-state index is 0.135. The number of benzene rings is 2. The summed E-state index contributed by atoms with van der Waals surface area (Å²) in [5, 5.41) is 5.56. The van der Waals surface area contributed by atoms with E-state index in [0.29, 0.717) is 25.3 Å². The fourth-order valence-electron chi connectivity index (χ4n) is 2.39. The fraction of sp³-hybridized carbons (Fsp3) is 0.333. The van der Waals surface area contributed by atoms with Crippen LogP contribution in [0.3, 0.4) is 0 Å². The molecule has 2 N–H and O–H groups in total. The highest BCUT2D eigenvalue weighted by atomic mass is 32.2. The molecule has 28 heavy (non-hydrogen) atoms. The molecule has 0 bridgehead atoms. The third-order valence-electron chi connectivity index (χ3n) is 3.79. The molecule has 0 aliphatic rings. The van der Waals surface area contributed by atoms with Gasteiger partial charge in [0.25, 0.3) is 5.91 Å². The first kappa shape index (κ1) is 21.6. The van der Waals surface area contributed by atoms with Crippen LogP contribution >= 0.6 is 11.8 Å². The van der Waals surface area contributed by atoms with Crippen molar-refractivity contribution >= 4 is 23.6 Å². The van der Waals surface area contributed by atoms with Crippen LogP contribution in [-0.4, -0.2) is 49.6 Å². The van der Waals surface area contributed by atoms with Crippen molar-refractivity contribution in [1.29, 1.82) is 0 Å². The molecule has 0 aromatic heterocycles. The van der Waals surface area contributed by atoms with Gasteiger partial charge < -0.3 is 20.1 Å². The van der Waals surface area contributed by atoms with Crippen LogP contribution in [0, 0.1) is 0 Å². The molecule has 0 unspecified atom stereocenters. The van der Waals surface area contributed by atoms with E-state index in [-0.39, 0.29) is 18.4 Å². The highest BCUT2D eigenvalue weighted by molar-refractivity contribution is 7.98. The van der Waals surface area contributed by atoms with Gasteiger partial charge in [-0.15, -0.1) is 0 Å². The first-order valence-electron chi connectivity index (χ1n) is 9.10. The topological polar surface area (TPSA) is 76.7 Å². The zero-order chi connectivity index (χ0) is 20.0. The molecule has 0 saturated carbocycles. The summed E-state index contributed by atoms with van der Waals surface area (Å²) in [6.45, 7) is 0.583. The molecule has 2 amide bonds. The summed E-state index contributed by atoms with van der Waals surface area (Å²) in [5.41, 5.74) is 0. The average Bonchev–Trinajstić information content (AvgIpc) is 2.74. The van der Waals surface area contributed by atoms with E-state index < -0.39 is 6.04 Å². The van der Waals surface area contributed by atoms with Gasteiger partial charge >= 0.3 is 0 Å². The number of ether oxygens (including phenoxy) is 2. The number of hydrogen-bond donors (Lipinski definition) is 2. The van der Waals surface area contributed by atoms with Crippen LogP contribution in [0.4, 0.5) is 0 Å². The van der Waals surface area contributed by atoms with E-state index in [0.717, 1.165) is 11.5 Å². The van der Waals surface area contributed by atoms with Gasteiger partial charge in [0.2, 0.25) is 5.91 Å². The van der Waals surface area contributed by atoms with E-state index in [2.05, 4.69) is 10.6 Å². The van der Waals surface area contributed by atoms with E-state index in [1.165, 1.54) is 0 Å². The van der Waals surface area contributed by atoms with Gasteiger partial charge in [-0.05, 0) is 42.7 Å². The smallest absolute Gasteiger partial charge is 0.258 e. The maximum absolute atomic E-state index is 12.4. The maximum Gasteiger partial charge on any atom is 0.258 e. The van der Waals surface area contributed by atoms with E-state index >= 15 is 0 Å². The molecule has 0 aliphatic heterocycles. The Morgan fingerprint density at radius 3 is 2.18 bits per heavy atom. The molecule has 150 valence electrons. The molecule has 2 rings (SSSR count). The largest absolute Gasteiger partial charge is 0.492 e. The number of carbonyl (C=O) groups is 2. The Labute approximate surface area is 170 Å². The zero-order valence-corrected chi connectivity index (χ0v) is 16.7. The average molecular weight is 403 g/mol. The highest BCUT2D eigenvalue weighted by Gasteiger charge is 2.20. The number of para-hydroxylation sites is 2. The van der Waals surface area contributed by atoms with Crippen LogP contribution in [-0.2, 0) is 9.59 Å². The van der Waals surface area contributed by atoms with Gasteiger partial charge in [-0.3, -0.25) is 9.59 Å². The molecule has 0 fully saturated rings. The molecule has 0 saturated heterocycles. The standard InChI is InChI=1S/C21H26N2O4S/c1-28-15-12-19(23-20(24)16-27-18-10-6-3-7-11-18)21(25)22-13-14-26-17-8-4-2-5-9-17/h2-11,19H,12-16H2,1H3,(H,22,25)(H,23,24)/t19-/m0/s1. The molecular weight excluding hydrogens is 376 g/mol. The summed E-state index contributed by atoms with van der Waals surface area (Å²) < 4.78 is 11.0. The summed E-state index contributed by atoms with van der Waals surface area (Å²) in [5.74, 6) is 1.57. The van der Waals surface area contributed by atoms with Gasteiger partial charge in [0.15, 0.2) is 6.61 Å². The number of thioether (sulfide) groups is 1. The lowest BCUT2D eigenvalue weighted by molar-refractivity contribution is -0.130. The zero-order valence-electron chi connectivity index (χ0n) is 15.9. The van der Waals surface area contributed by atoms with Crippen molar-refractivity contribution in [2.24, 2.45) is 0 Å². The molecule has 6 nitrogen and oxygen atoms in total. The van der Waals surface area contributed by atoms with E-state index in [9.17, 15) is 9.59 Å². The molecule has 7 heteroatoms. The predicted octanol–water partition coefficient (Wildman–Crippen LogP) is 2.50. The van der Waals surface area contributed by atoms with Crippen LogP contribution in [0.2, 0.25) is 0 Å². The van der Waals surface area contributed by atoms with Gasteiger partial charge in [0.05, 0.1) is 6.54 Å². The van der Waals surface area contributed by atoms with Crippen molar-refractivity contribution in [3.05, 3.63) is 60.7 Å². The molecule has 2 aromatic rings. The first-order valence-corrected chi connectivity index (χ1v) is 10.5. The quantitative estimate of drug-likeness (QED) is 0.534. The molecule has 0 aliphatic carbocycles. The summed E-state index contributed by atoms with van der Waals surface area (Å²) >= 11 is 1.62. The third-order valence-corrected chi connectivity index (χ3v) is 4.43. The summed E-state index contributed by atoms with van der Waals surface area (Å²) in [6.07, 6.45) is 2.51. The summed E-state index contributed by atoms with van der Waals surface area (Å²) in [7, 11) is 0. The van der Waals surface area contributed by atoms with Crippen LogP contribution in [0.25, 0.3) is 0 Å². The Bertz CT molecular complexity index is 713. The van der Waals surface area contributed by atoms with Crippen molar-refractivity contribution in [2.75, 3.05) is 31.8 Å². The van der Waals surface area contributed by atoms with Crippen molar-refractivity contribution < 1.29 is 19.1 Å². The number of rotatable bonds is 12. The summed E-state index contributed by atoms with van der Waals surface area (Å²) in [4.78, 5) is 24.6. The minimum Gasteiger partial charge on any atom is -0.492 e. The van der Waals surface area contributed by atoms with Crippen LogP contribution in [0.15, 0.2) is 60.7 Å². The minimum atomic E-state index is -0.601. The lowest BCUT2D eigenvalue weighted by atomic mass is 10.2. The normalized spacial score (nSPS) is 11.3. The van der Waals surface area contributed by atoms with Crippen LogP contribution in [0.1, 0.15) is 6.42 Å². The molecule has 1 atom stereocenters. The van der Waals surface area contributed by atoms with Gasteiger partial charge in [0, 0.05) is 0 Å². The van der Waals surface area contributed by atoms with Gasteiger partial charge in [-0.1, -0.05) is 36.4 Å². The second kappa shape index (κ2) is 12.7. The third kappa shape index (κ3) is 8.35. The Balaban J connectivity index is 1.75. The molecule has 2 aromatic carbocycles. The first-order chi connectivity index (χ1) is 13.7. The number of hydrogen-bond acceptors (Lipinski definition) is 5.